The largest absolute Gasteiger partial charge is 0.300 e. The number of piperidine rings is 1. The smallest absolute Gasteiger partial charge is 0.243 e. The van der Waals surface area contributed by atoms with E-state index in [2.05, 4.69) is 22.4 Å². The van der Waals surface area contributed by atoms with Gasteiger partial charge in [0, 0.05) is 19.5 Å². The average Bonchev–Trinajstić information content (AvgIpc) is 3.14. The van der Waals surface area contributed by atoms with Crippen molar-refractivity contribution in [3.05, 3.63) is 35.1 Å². The molecule has 3 rings (SSSR count). The number of nitrogens with one attached hydrogen (secondary N) is 1. The van der Waals surface area contributed by atoms with Crippen LogP contribution in [0, 0.1) is 11.7 Å². The number of carbonyl (C=O) groups is 1. The molecule has 7 nitrogen and oxygen atoms in total. The zero-order valence-corrected chi connectivity index (χ0v) is 17.2. The molecule has 0 aliphatic carbocycles. The molecule has 1 atom stereocenters. The molecular formula is C18H23FN4O3S2. The zero-order chi connectivity index (χ0) is 20.1. The van der Waals surface area contributed by atoms with Crippen molar-refractivity contribution >= 4 is 32.4 Å². The van der Waals surface area contributed by atoms with Crippen LogP contribution in [-0.4, -0.2) is 41.9 Å². The molecule has 1 aliphatic heterocycles. The molecule has 1 aliphatic rings. The number of amides is 1. The topological polar surface area (TPSA) is 92.3 Å². The second-order valence-electron chi connectivity index (χ2n) is 6.75. The Morgan fingerprint density at radius 3 is 2.79 bits per heavy atom. The van der Waals surface area contributed by atoms with E-state index in [0.29, 0.717) is 24.5 Å². The fourth-order valence-electron chi connectivity index (χ4n) is 3.07. The third-order valence-corrected chi connectivity index (χ3v) is 7.43. The van der Waals surface area contributed by atoms with Gasteiger partial charge in [-0.15, -0.1) is 10.2 Å². The van der Waals surface area contributed by atoms with Crippen LogP contribution in [0.5, 0.6) is 0 Å². The Bertz CT molecular complexity index is 915. The van der Waals surface area contributed by atoms with Crippen molar-refractivity contribution in [2.24, 2.45) is 5.92 Å². The summed E-state index contributed by atoms with van der Waals surface area (Å²) in [5, 5.41) is 12.1. The van der Waals surface area contributed by atoms with Crippen molar-refractivity contribution in [3.63, 3.8) is 0 Å². The van der Waals surface area contributed by atoms with Crippen LogP contribution < -0.4 is 5.32 Å². The molecule has 1 aromatic carbocycles. The number of rotatable bonds is 7. The van der Waals surface area contributed by atoms with Crippen LogP contribution in [0.15, 0.2) is 29.2 Å². The normalized spacial score (nSPS) is 18.1. The van der Waals surface area contributed by atoms with Gasteiger partial charge >= 0.3 is 0 Å². The third-order valence-electron chi connectivity index (χ3n) is 4.65. The van der Waals surface area contributed by atoms with E-state index in [0.717, 1.165) is 36.4 Å². The summed E-state index contributed by atoms with van der Waals surface area (Å²) in [6.45, 7) is 2.52. The second kappa shape index (κ2) is 9.06. The Morgan fingerprint density at radius 2 is 2.07 bits per heavy atom. The van der Waals surface area contributed by atoms with Crippen LogP contribution in [0.4, 0.5) is 9.52 Å². The molecule has 1 aromatic heterocycles. The standard InChI is InChI=1S/C18H23FN4O3S2/c1-2-3-6-16-21-22-18(27-16)20-17(24)13-5-4-11-23(12-13)28(25,26)15-9-7-14(19)8-10-15/h7-10,13H,2-6,11-12H2,1H3,(H,20,22,24). The number of unbranched alkanes of at least 4 members (excludes halogenated alkanes) is 1. The first-order chi connectivity index (χ1) is 13.4. The molecule has 1 amide bonds. The predicted molar refractivity (Wildman–Crippen MR) is 105 cm³/mol. The van der Waals surface area contributed by atoms with Gasteiger partial charge in [0.25, 0.3) is 0 Å². The number of sulfonamides is 1. The number of hydrogen-bond donors (Lipinski definition) is 1. The molecule has 28 heavy (non-hydrogen) atoms. The number of halogens is 1. The maximum Gasteiger partial charge on any atom is 0.243 e. The molecule has 1 N–H and O–H groups in total. The molecular weight excluding hydrogens is 403 g/mol. The lowest BCUT2D eigenvalue weighted by atomic mass is 9.99. The summed E-state index contributed by atoms with van der Waals surface area (Å²) in [5.41, 5.74) is 0. The SMILES string of the molecule is CCCCc1nnc(NC(=O)C2CCCN(S(=O)(=O)c3ccc(F)cc3)C2)s1. The number of aromatic nitrogens is 2. The van der Waals surface area contributed by atoms with Gasteiger partial charge in [0.2, 0.25) is 21.1 Å². The highest BCUT2D eigenvalue weighted by Gasteiger charge is 2.33. The van der Waals surface area contributed by atoms with Crippen molar-refractivity contribution < 1.29 is 17.6 Å². The van der Waals surface area contributed by atoms with E-state index >= 15 is 0 Å². The molecule has 0 spiro atoms. The lowest BCUT2D eigenvalue weighted by Gasteiger charge is -2.31. The Morgan fingerprint density at radius 1 is 1.32 bits per heavy atom. The summed E-state index contributed by atoms with van der Waals surface area (Å²) in [5.74, 6) is -1.21. The van der Waals surface area contributed by atoms with Gasteiger partial charge in [-0.3, -0.25) is 4.79 Å². The van der Waals surface area contributed by atoms with Gasteiger partial charge in [-0.1, -0.05) is 24.7 Å². The summed E-state index contributed by atoms with van der Waals surface area (Å²) in [4.78, 5) is 12.6. The van der Waals surface area contributed by atoms with Crippen molar-refractivity contribution in [3.8, 4) is 0 Å². The Hall–Kier alpha value is -1.91. The fourth-order valence-corrected chi connectivity index (χ4v) is 5.38. The van der Waals surface area contributed by atoms with Gasteiger partial charge in [0.15, 0.2) is 0 Å². The van der Waals surface area contributed by atoms with Gasteiger partial charge < -0.3 is 5.32 Å². The minimum atomic E-state index is -3.76. The fraction of sp³-hybridized carbons (Fsp3) is 0.500. The molecule has 0 bridgehead atoms. The number of aryl methyl sites for hydroxylation is 1. The highest BCUT2D eigenvalue weighted by atomic mass is 32.2. The van der Waals surface area contributed by atoms with Crippen LogP contribution in [0.3, 0.4) is 0 Å². The van der Waals surface area contributed by atoms with Crippen LogP contribution in [0.25, 0.3) is 0 Å². The molecule has 1 fully saturated rings. The first-order valence-corrected chi connectivity index (χ1v) is 11.5. The van der Waals surface area contributed by atoms with Gasteiger partial charge in [0.1, 0.15) is 10.8 Å². The van der Waals surface area contributed by atoms with Crippen molar-refractivity contribution in [1.82, 2.24) is 14.5 Å². The first-order valence-electron chi connectivity index (χ1n) is 9.29. The van der Waals surface area contributed by atoms with E-state index in [1.165, 1.54) is 27.8 Å². The maximum atomic E-state index is 13.1. The molecule has 1 saturated heterocycles. The first kappa shape index (κ1) is 20.8. The van der Waals surface area contributed by atoms with Crippen molar-refractivity contribution in [2.75, 3.05) is 18.4 Å². The molecule has 1 unspecified atom stereocenters. The molecule has 0 radical (unpaired) electrons. The predicted octanol–water partition coefficient (Wildman–Crippen LogP) is 3.06. The Kier molecular flexibility index (Phi) is 6.73. The zero-order valence-electron chi connectivity index (χ0n) is 15.6. The van der Waals surface area contributed by atoms with Crippen molar-refractivity contribution in [1.29, 1.82) is 0 Å². The summed E-state index contributed by atoms with van der Waals surface area (Å²) in [7, 11) is -3.76. The molecule has 2 heterocycles. The van der Waals surface area contributed by atoms with E-state index in [-0.39, 0.29) is 17.3 Å². The maximum absolute atomic E-state index is 13.1. The van der Waals surface area contributed by atoms with Gasteiger partial charge in [-0.2, -0.15) is 4.31 Å². The average molecular weight is 427 g/mol. The number of nitrogens with zero attached hydrogens (tertiary/aromatic N) is 3. The van der Waals surface area contributed by atoms with Crippen LogP contribution >= 0.6 is 11.3 Å². The summed E-state index contributed by atoms with van der Waals surface area (Å²) in [6.07, 6.45) is 4.08. The Balaban J connectivity index is 1.64. The number of hydrogen-bond acceptors (Lipinski definition) is 6. The second-order valence-corrected chi connectivity index (χ2v) is 9.75. The summed E-state index contributed by atoms with van der Waals surface area (Å²) < 4.78 is 39.9. The van der Waals surface area contributed by atoms with Gasteiger partial charge in [-0.25, -0.2) is 12.8 Å². The summed E-state index contributed by atoms with van der Waals surface area (Å²) >= 11 is 1.35. The Labute approximate surface area is 168 Å². The van der Waals surface area contributed by atoms with Crippen LogP contribution in [-0.2, 0) is 21.2 Å². The number of benzene rings is 1. The lowest BCUT2D eigenvalue weighted by Crippen LogP contribution is -2.43. The monoisotopic (exact) mass is 426 g/mol. The number of anilines is 1. The molecule has 152 valence electrons. The molecule has 0 saturated carbocycles. The minimum Gasteiger partial charge on any atom is -0.300 e. The molecule has 10 heteroatoms. The minimum absolute atomic E-state index is 0.0275. The summed E-state index contributed by atoms with van der Waals surface area (Å²) in [6, 6.07) is 4.72. The quantitative estimate of drug-likeness (QED) is 0.735. The van der Waals surface area contributed by atoms with Crippen LogP contribution in [0.2, 0.25) is 0 Å². The molecule has 2 aromatic rings. The number of carbonyl (C=O) groups excluding carboxylic acids is 1. The highest BCUT2D eigenvalue weighted by Crippen LogP contribution is 2.25. The van der Waals surface area contributed by atoms with Crippen LogP contribution in [0.1, 0.15) is 37.6 Å². The van der Waals surface area contributed by atoms with E-state index in [9.17, 15) is 17.6 Å². The highest BCUT2D eigenvalue weighted by molar-refractivity contribution is 7.89. The van der Waals surface area contributed by atoms with Crippen molar-refractivity contribution in [2.45, 2.75) is 43.9 Å². The van der Waals surface area contributed by atoms with E-state index in [4.69, 9.17) is 0 Å². The third kappa shape index (κ3) is 4.92. The van der Waals surface area contributed by atoms with E-state index in [1.54, 1.807) is 0 Å². The van der Waals surface area contributed by atoms with E-state index < -0.39 is 21.8 Å². The van der Waals surface area contributed by atoms with Gasteiger partial charge in [-0.05, 0) is 43.5 Å². The van der Waals surface area contributed by atoms with E-state index in [1.807, 2.05) is 0 Å². The van der Waals surface area contributed by atoms with Gasteiger partial charge in [0.05, 0.1) is 10.8 Å². The lowest BCUT2D eigenvalue weighted by molar-refractivity contribution is -0.120.